The van der Waals surface area contributed by atoms with E-state index in [0.29, 0.717) is 6.04 Å². The average molecular weight is 188 g/mol. The highest BCUT2D eigenvalue weighted by atomic mass is 15.3. The molecule has 74 valence electrons. The SMILES string of the molecule is CC(C)n1nccc1C1=CCCC=C1. The van der Waals surface area contributed by atoms with Crippen LogP contribution in [-0.4, -0.2) is 9.78 Å². The molecular weight excluding hydrogens is 172 g/mol. The molecule has 0 spiro atoms. The first-order valence-electron chi connectivity index (χ1n) is 5.19. The molecule has 1 aromatic rings. The number of hydrogen-bond donors (Lipinski definition) is 0. The molecule has 0 amide bonds. The second-order valence-corrected chi connectivity index (χ2v) is 3.89. The van der Waals surface area contributed by atoms with Crippen LogP contribution in [0.3, 0.4) is 0 Å². The molecule has 1 heterocycles. The van der Waals surface area contributed by atoms with E-state index < -0.39 is 0 Å². The zero-order valence-corrected chi connectivity index (χ0v) is 8.77. The van der Waals surface area contributed by atoms with Gasteiger partial charge in [-0.05, 0) is 38.3 Å². The zero-order valence-electron chi connectivity index (χ0n) is 8.77. The summed E-state index contributed by atoms with van der Waals surface area (Å²) in [5.41, 5.74) is 2.54. The summed E-state index contributed by atoms with van der Waals surface area (Å²) in [6.07, 6.45) is 10.9. The van der Waals surface area contributed by atoms with Gasteiger partial charge in [0.05, 0.1) is 5.69 Å². The van der Waals surface area contributed by atoms with Gasteiger partial charge >= 0.3 is 0 Å². The van der Waals surface area contributed by atoms with Gasteiger partial charge in [0, 0.05) is 12.2 Å². The summed E-state index contributed by atoms with van der Waals surface area (Å²) < 4.78 is 2.07. The van der Waals surface area contributed by atoms with Gasteiger partial charge in [-0.1, -0.05) is 18.2 Å². The number of rotatable bonds is 2. The van der Waals surface area contributed by atoms with Gasteiger partial charge in [-0.3, -0.25) is 4.68 Å². The van der Waals surface area contributed by atoms with Crippen LogP contribution in [0.25, 0.3) is 5.57 Å². The van der Waals surface area contributed by atoms with E-state index in [4.69, 9.17) is 0 Å². The van der Waals surface area contributed by atoms with Gasteiger partial charge in [-0.25, -0.2) is 0 Å². The van der Waals surface area contributed by atoms with Crippen LogP contribution in [0, 0.1) is 0 Å². The summed E-state index contributed by atoms with van der Waals surface area (Å²) in [5.74, 6) is 0. The van der Waals surface area contributed by atoms with Gasteiger partial charge in [0.2, 0.25) is 0 Å². The van der Waals surface area contributed by atoms with E-state index in [2.05, 4.69) is 47.9 Å². The molecule has 0 atom stereocenters. The van der Waals surface area contributed by atoms with Crippen LogP contribution in [0.15, 0.2) is 30.5 Å². The first kappa shape index (κ1) is 9.25. The lowest BCUT2D eigenvalue weighted by Crippen LogP contribution is -2.06. The smallest absolute Gasteiger partial charge is 0.0681 e. The monoisotopic (exact) mass is 188 g/mol. The number of hydrogen-bond acceptors (Lipinski definition) is 1. The van der Waals surface area contributed by atoms with Crippen LogP contribution >= 0.6 is 0 Å². The maximum atomic E-state index is 4.33. The molecule has 1 aliphatic rings. The predicted molar refractivity (Wildman–Crippen MR) is 59.0 cm³/mol. The number of nitrogens with zero attached hydrogens (tertiary/aromatic N) is 2. The van der Waals surface area contributed by atoms with Crippen LogP contribution in [-0.2, 0) is 0 Å². The fourth-order valence-electron chi connectivity index (χ4n) is 1.76. The third kappa shape index (κ3) is 1.65. The third-order valence-corrected chi connectivity index (χ3v) is 2.45. The maximum Gasteiger partial charge on any atom is 0.0681 e. The van der Waals surface area contributed by atoms with Gasteiger partial charge in [0.1, 0.15) is 0 Å². The van der Waals surface area contributed by atoms with E-state index >= 15 is 0 Å². The van der Waals surface area contributed by atoms with Crippen molar-refractivity contribution in [1.29, 1.82) is 0 Å². The van der Waals surface area contributed by atoms with Gasteiger partial charge in [-0.2, -0.15) is 5.10 Å². The van der Waals surface area contributed by atoms with E-state index in [9.17, 15) is 0 Å². The minimum absolute atomic E-state index is 0.427. The van der Waals surface area contributed by atoms with Crippen LogP contribution in [0.2, 0.25) is 0 Å². The van der Waals surface area contributed by atoms with Crippen molar-refractivity contribution in [3.63, 3.8) is 0 Å². The molecule has 0 saturated carbocycles. The Balaban J connectivity index is 2.36. The lowest BCUT2D eigenvalue weighted by Gasteiger charge is -2.13. The Morgan fingerprint density at radius 2 is 2.21 bits per heavy atom. The van der Waals surface area contributed by atoms with E-state index in [1.807, 2.05) is 6.20 Å². The van der Waals surface area contributed by atoms with Gasteiger partial charge in [-0.15, -0.1) is 0 Å². The molecule has 0 radical (unpaired) electrons. The Labute approximate surface area is 84.9 Å². The second kappa shape index (κ2) is 3.82. The summed E-state index contributed by atoms with van der Waals surface area (Å²) in [4.78, 5) is 0. The molecular formula is C12H16N2. The topological polar surface area (TPSA) is 17.8 Å². The summed E-state index contributed by atoms with van der Waals surface area (Å²) in [7, 11) is 0. The third-order valence-electron chi connectivity index (χ3n) is 2.45. The second-order valence-electron chi connectivity index (χ2n) is 3.89. The summed E-state index contributed by atoms with van der Waals surface area (Å²) in [5, 5.41) is 4.33. The van der Waals surface area contributed by atoms with Gasteiger partial charge in [0.25, 0.3) is 0 Å². The Hall–Kier alpha value is -1.31. The highest BCUT2D eigenvalue weighted by molar-refractivity contribution is 5.72. The van der Waals surface area contributed by atoms with Crippen molar-refractivity contribution < 1.29 is 0 Å². The summed E-state index contributed by atoms with van der Waals surface area (Å²) >= 11 is 0. The lowest BCUT2D eigenvalue weighted by molar-refractivity contribution is 0.527. The molecule has 1 aromatic heterocycles. The van der Waals surface area contributed by atoms with Crippen molar-refractivity contribution in [2.75, 3.05) is 0 Å². The molecule has 14 heavy (non-hydrogen) atoms. The van der Waals surface area contributed by atoms with Crippen LogP contribution < -0.4 is 0 Å². The van der Waals surface area contributed by atoms with E-state index in [-0.39, 0.29) is 0 Å². The van der Waals surface area contributed by atoms with Gasteiger partial charge in [0.15, 0.2) is 0 Å². The molecule has 2 nitrogen and oxygen atoms in total. The van der Waals surface area contributed by atoms with Crippen LogP contribution in [0.4, 0.5) is 0 Å². The Morgan fingerprint density at radius 1 is 1.36 bits per heavy atom. The number of allylic oxidation sites excluding steroid dienone is 4. The quantitative estimate of drug-likeness (QED) is 0.697. The molecule has 0 bridgehead atoms. The molecule has 0 aromatic carbocycles. The van der Waals surface area contributed by atoms with Crippen molar-refractivity contribution in [2.24, 2.45) is 0 Å². The molecule has 2 rings (SSSR count). The van der Waals surface area contributed by atoms with Crippen LogP contribution in [0.1, 0.15) is 38.4 Å². The lowest BCUT2D eigenvalue weighted by atomic mass is 10.0. The minimum atomic E-state index is 0.427. The first-order valence-corrected chi connectivity index (χ1v) is 5.19. The standard InChI is InChI=1S/C12H16N2/c1-10(2)14-12(8-9-13-14)11-6-4-3-5-7-11/h4,6-10H,3,5H2,1-2H3. The van der Waals surface area contributed by atoms with Crippen molar-refractivity contribution in [2.45, 2.75) is 32.7 Å². The van der Waals surface area contributed by atoms with Gasteiger partial charge < -0.3 is 0 Å². The first-order chi connectivity index (χ1) is 6.79. The largest absolute Gasteiger partial charge is 0.262 e. The highest BCUT2D eigenvalue weighted by Crippen LogP contribution is 2.22. The van der Waals surface area contributed by atoms with E-state index in [1.165, 1.54) is 17.7 Å². The van der Waals surface area contributed by atoms with Crippen molar-refractivity contribution in [3.05, 3.63) is 36.2 Å². The van der Waals surface area contributed by atoms with E-state index in [1.54, 1.807) is 0 Å². The Bertz CT molecular complexity index is 369. The van der Waals surface area contributed by atoms with Crippen LogP contribution in [0.5, 0.6) is 0 Å². The zero-order chi connectivity index (χ0) is 9.97. The Kier molecular flexibility index (Phi) is 2.53. The Morgan fingerprint density at radius 3 is 2.86 bits per heavy atom. The molecule has 2 heteroatoms. The molecule has 0 fully saturated rings. The molecule has 0 saturated heterocycles. The summed E-state index contributed by atoms with van der Waals surface area (Å²) in [6.45, 7) is 4.31. The predicted octanol–water partition coefficient (Wildman–Crippen LogP) is 3.20. The fourth-order valence-corrected chi connectivity index (χ4v) is 1.76. The minimum Gasteiger partial charge on any atom is -0.262 e. The summed E-state index contributed by atoms with van der Waals surface area (Å²) in [6, 6.07) is 2.51. The normalized spacial score (nSPS) is 16.1. The fraction of sp³-hybridized carbons (Fsp3) is 0.417. The van der Waals surface area contributed by atoms with Crippen molar-refractivity contribution >= 4 is 5.57 Å². The highest BCUT2D eigenvalue weighted by Gasteiger charge is 2.09. The average Bonchev–Trinajstić information content (AvgIpc) is 2.67. The molecule has 0 aliphatic heterocycles. The molecule has 0 N–H and O–H groups in total. The molecule has 0 unspecified atom stereocenters. The van der Waals surface area contributed by atoms with E-state index in [0.717, 1.165) is 6.42 Å². The maximum absolute atomic E-state index is 4.33. The molecule has 1 aliphatic carbocycles. The van der Waals surface area contributed by atoms with Crippen molar-refractivity contribution in [3.8, 4) is 0 Å². The van der Waals surface area contributed by atoms with Crippen molar-refractivity contribution in [1.82, 2.24) is 9.78 Å². The number of aromatic nitrogens is 2.